The molecule has 0 atom stereocenters. The molecule has 0 aliphatic carbocycles. The highest BCUT2D eigenvalue weighted by molar-refractivity contribution is 5.94. The quantitative estimate of drug-likeness (QED) is 0.838. The fourth-order valence-electron chi connectivity index (χ4n) is 2.75. The molecule has 0 bridgehead atoms. The molecule has 0 aromatic heterocycles. The summed E-state index contributed by atoms with van der Waals surface area (Å²) in [6.07, 6.45) is 0. The van der Waals surface area contributed by atoms with E-state index in [1.807, 2.05) is 55.3 Å². The molecular formula is C20H27N3O. The number of carbonyl (C=O) groups is 1. The van der Waals surface area contributed by atoms with E-state index in [0.717, 1.165) is 30.0 Å². The lowest BCUT2D eigenvalue weighted by Gasteiger charge is -2.23. The molecule has 1 N–H and O–H groups in total. The van der Waals surface area contributed by atoms with E-state index in [2.05, 4.69) is 36.2 Å². The highest BCUT2D eigenvalue weighted by atomic mass is 16.2. The SMILES string of the molecule is CCN(CC)c1ccc(NC(=O)CN(C)c2ccccc2)c(C)c1. The summed E-state index contributed by atoms with van der Waals surface area (Å²) < 4.78 is 0. The molecular weight excluding hydrogens is 298 g/mol. The summed E-state index contributed by atoms with van der Waals surface area (Å²) in [7, 11) is 1.92. The summed E-state index contributed by atoms with van der Waals surface area (Å²) in [6, 6.07) is 16.1. The Balaban J connectivity index is 2.01. The van der Waals surface area contributed by atoms with Crippen molar-refractivity contribution in [3.8, 4) is 0 Å². The zero-order valence-corrected chi connectivity index (χ0v) is 15.0. The summed E-state index contributed by atoms with van der Waals surface area (Å²) in [6.45, 7) is 8.60. The van der Waals surface area contributed by atoms with Crippen molar-refractivity contribution in [3.63, 3.8) is 0 Å². The molecule has 0 heterocycles. The van der Waals surface area contributed by atoms with Crippen LogP contribution in [0.15, 0.2) is 48.5 Å². The summed E-state index contributed by atoms with van der Waals surface area (Å²) in [4.78, 5) is 16.5. The first-order valence-corrected chi connectivity index (χ1v) is 8.46. The number of para-hydroxylation sites is 1. The van der Waals surface area contributed by atoms with Crippen molar-refractivity contribution < 1.29 is 4.79 Å². The van der Waals surface area contributed by atoms with Gasteiger partial charge in [0.15, 0.2) is 0 Å². The van der Waals surface area contributed by atoms with E-state index >= 15 is 0 Å². The van der Waals surface area contributed by atoms with Gasteiger partial charge in [-0.2, -0.15) is 0 Å². The van der Waals surface area contributed by atoms with Crippen LogP contribution in [0.3, 0.4) is 0 Å². The van der Waals surface area contributed by atoms with Gasteiger partial charge >= 0.3 is 0 Å². The molecule has 0 fully saturated rings. The Kier molecular flexibility index (Phi) is 6.24. The van der Waals surface area contributed by atoms with Crippen LogP contribution in [0.25, 0.3) is 0 Å². The molecule has 0 aliphatic rings. The number of hydrogen-bond acceptors (Lipinski definition) is 3. The first-order valence-electron chi connectivity index (χ1n) is 8.46. The summed E-state index contributed by atoms with van der Waals surface area (Å²) >= 11 is 0. The number of nitrogens with one attached hydrogen (secondary N) is 1. The van der Waals surface area contributed by atoms with E-state index in [4.69, 9.17) is 0 Å². The van der Waals surface area contributed by atoms with Crippen LogP contribution in [0.5, 0.6) is 0 Å². The smallest absolute Gasteiger partial charge is 0.243 e. The van der Waals surface area contributed by atoms with Crippen LogP contribution in [-0.4, -0.2) is 32.6 Å². The van der Waals surface area contributed by atoms with Gasteiger partial charge in [-0.15, -0.1) is 0 Å². The fourth-order valence-corrected chi connectivity index (χ4v) is 2.75. The number of benzene rings is 2. The van der Waals surface area contributed by atoms with Gasteiger partial charge < -0.3 is 15.1 Å². The maximum Gasteiger partial charge on any atom is 0.243 e. The van der Waals surface area contributed by atoms with Crippen LogP contribution < -0.4 is 15.1 Å². The zero-order chi connectivity index (χ0) is 17.5. The van der Waals surface area contributed by atoms with Gasteiger partial charge in [0.2, 0.25) is 5.91 Å². The van der Waals surface area contributed by atoms with Gasteiger partial charge in [0.05, 0.1) is 6.54 Å². The molecule has 0 aliphatic heterocycles. The van der Waals surface area contributed by atoms with Crippen molar-refractivity contribution >= 4 is 23.0 Å². The Morgan fingerprint density at radius 3 is 2.25 bits per heavy atom. The second-order valence-electron chi connectivity index (χ2n) is 5.91. The molecule has 0 unspecified atom stereocenters. The Morgan fingerprint density at radius 2 is 1.67 bits per heavy atom. The highest BCUT2D eigenvalue weighted by Crippen LogP contribution is 2.22. The molecule has 128 valence electrons. The normalized spacial score (nSPS) is 10.3. The molecule has 2 aromatic carbocycles. The third kappa shape index (κ3) is 4.51. The van der Waals surface area contributed by atoms with Crippen molar-refractivity contribution in [2.45, 2.75) is 20.8 Å². The third-order valence-electron chi connectivity index (χ3n) is 4.19. The molecule has 0 saturated heterocycles. The second-order valence-corrected chi connectivity index (χ2v) is 5.91. The minimum Gasteiger partial charge on any atom is -0.372 e. The van der Waals surface area contributed by atoms with E-state index in [-0.39, 0.29) is 5.91 Å². The number of carbonyl (C=O) groups excluding carboxylic acids is 1. The topological polar surface area (TPSA) is 35.6 Å². The lowest BCUT2D eigenvalue weighted by atomic mass is 10.1. The van der Waals surface area contributed by atoms with Gasteiger partial charge in [-0.25, -0.2) is 0 Å². The predicted octanol–water partition coefficient (Wildman–Crippen LogP) is 3.92. The molecule has 1 amide bonds. The Hall–Kier alpha value is -2.49. The maximum atomic E-state index is 12.3. The Labute approximate surface area is 145 Å². The van der Waals surface area contributed by atoms with Crippen LogP contribution in [-0.2, 0) is 4.79 Å². The van der Waals surface area contributed by atoms with Crippen LogP contribution in [0.1, 0.15) is 19.4 Å². The molecule has 4 nitrogen and oxygen atoms in total. The van der Waals surface area contributed by atoms with E-state index in [1.54, 1.807) is 0 Å². The number of likely N-dealkylation sites (N-methyl/N-ethyl adjacent to an activating group) is 1. The monoisotopic (exact) mass is 325 g/mol. The van der Waals surface area contributed by atoms with Gasteiger partial charge in [0.25, 0.3) is 0 Å². The summed E-state index contributed by atoms with van der Waals surface area (Å²) in [5.74, 6) is -0.0138. The van der Waals surface area contributed by atoms with Crippen LogP contribution in [0, 0.1) is 6.92 Å². The van der Waals surface area contributed by atoms with Gasteiger partial charge in [-0.1, -0.05) is 18.2 Å². The van der Waals surface area contributed by atoms with Gasteiger partial charge in [-0.3, -0.25) is 4.79 Å². The predicted molar refractivity (Wildman–Crippen MR) is 103 cm³/mol. The second kappa shape index (κ2) is 8.39. The lowest BCUT2D eigenvalue weighted by molar-refractivity contribution is -0.114. The number of rotatable bonds is 7. The van der Waals surface area contributed by atoms with Crippen molar-refractivity contribution in [1.29, 1.82) is 0 Å². The number of aryl methyl sites for hydroxylation is 1. The molecule has 4 heteroatoms. The van der Waals surface area contributed by atoms with Gasteiger partial charge in [0.1, 0.15) is 0 Å². The van der Waals surface area contributed by atoms with E-state index < -0.39 is 0 Å². The zero-order valence-electron chi connectivity index (χ0n) is 15.0. The molecule has 0 radical (unpaired) electrons. The Bertz CT molecular complexity index is 666. The number of hydrogen-bond donors (Lipinski definition) is 1. The van der Waals surface area contributed by atoms with E-state index in [9.17, 15) is 4.79 Å². The number of anilines is 3. The maximum absolute atomic E-state index is 12.3. The minimum atomic E-state index is -0.0138. The summed E-state index contributed by atoms with van der Waals surface area (Å²) in [5, 5.41) is 3.01. The van der Waals surface area contributed by atoms with Crippen LogP contribution >= 0.6 is 0 Å². The highest BCUT2D eigenvalue weighted by Gasteiger charge is 2.10. The average molecular weight is 325 g/mol. The van der Waals surface area contributed by atoms with Crippen LogP contribution in [0.2, 0.25) is 0 Å². The number of nitrogens with zero attached hydrogens (tertiary/aromatic N) is 2. The van der Waals surface area contributed by atoms with Crippen molar-refractivity contribution in [3.05, 3.63) is 54.1 Å². The van der Waals surface area contributed by atoms with E-state index in [0.29, 0.717) is 6.54 Å². The fraction of sp³-hybridized carbons (Fsp3) is 0.350. The van der Waals surface area contributed by atoms with Crippen molar-refractivity contribution in [1.82, 2.24) is 0 Å². The lowest BCUT2D eigenvalue weighted by Crippen LogP contribution is -2.30. The van der Waals surface area contributed by atoms with Crippen LogP contribution in [0.4, 0.5) is 17.1 Å². The first-order chi connectivity index (χ1) is 11.5. The van der Waals surface area contributed by atoms with Crippen molar-refractivity contribution in [2.75, 3.05) is 41.8 Å². The molecule has 24 heavy (non-hydrogen) atoms. The molecule has 0 saturated carbocycles. The third-order valence-corrected chi connectivity index (χ3v) is 4.19. The Morgan fingerprint density at radius 1 is 1.00 bits per heavy atom. The van der Waals surface area contributed by atoms with Crippen molar-refractivity contribution in [2.24, 2.45) is 0 Å². The first kappa shape index (κ1) is 17.9. The average Bonchev–Trinajstić information content (AvgIpc) is 2.59. The standard InChI is InChI=1S/C20H27N3O/c1-5-23(6-2)18-12-13-19(16(3)14-18)21-20(24)15-22(4)17-10-8-7-9-11-17/h7-14H,5-6,15H2,1-4H3,(H,21,24). The molecule has 0 spiro atoms. The van der Waals surface area contributed by atoms with Gasteiger partial charge in [-0.05, 0) is 56.7 Å². The molecule has 2 aromatic rings. The van der Waals surface area contributed by atoms with E-state index in [1.165, 1.54) is 5.69 Å². The largest absolute Gasteiger partial charge is 0.372 e. The van der Waals surface area contributed by atoms with Gasteiger partial charge in [0, 0.05) is 37.2 Å². The number of amides is 1. The molecule has 2 rings (SSSR count). The minimum absolute atomic E-state index is 0.0138. The summed E-state index contributed by atoms with van der Waals surface area (Å²) in [5.41, 5.74) is 4.17.